The zero-order valence-electron chi connectivity index (χ0n) is 11.3. The first-order chi connectivity index (χ1) is 9.76. The number of aromatic nitrogens is 2. The number of carbonyl (C=O) groups is 1. The predicted octanol–water partition coefficient (Wildman–Crippen LogP) is 3.54. The van der Waals surface area contributed by atoms with Crippen LogP contribution in [0.25, 0.3) is 0 Å². The van der Waals surface area contributed by atoms with Crippen LogP contribution in [0.2, 0.25) is 0 Å². The Morgan fingerprint density at radius 3 is 2.85 bits per heavy atom. The molecule has 1 heterocycles. The Balaban J connectivity index is 1.85. The summed E-state index contributed by atoms with van der Waals surface area (Å²) >= 11 is 0. The SMILES string of the molecule is O=Cc1cn(Cc2cccc(F)c2)nc1C1CCCC1. The van der Waals surface area contributed by atoms with E-state index >= 15 is 0 Å². The van der Waals surface area contributed by atoms with Crippen molar-refractivity contribution in [2.45, 2.75) is 38.1 Å². The molecule has 1 fully saturated rings. The van der Waals surface area contributed by atoms with Gasteiger partial charge in [-0.3, -0.25) is 9.48 Å². The van der Waals surface area contributed by atoms with Gasteiger partial charge in [0.15, 0.2) is 6.29 Å². The van der Waals surface area contributed by atoms with Crippen LogP contribution in [0.3, 0.4) is 0 Å². The highest BCUT2D eigenvalue weighted by Crippen LogP contribution is 2.34. The average Bonchev–Trinajstić information content (AvgIpc) is 3.06. The lowest BCUT2D eigenvalue weighted by Crippen LogP contribution is -2.03. The molecule has 20 heavy (non-hydrogen) atoms. The van der Waals surface area contributed by atoms with E-state index in [2.05, 4.69) is 5.10 Å². The van der Waals surface area contributed by atoms with E-state index in [0.717, 1.165) is 30.4 Å². The van der Waals surface area contributed by atoms with E-state index in [-0.39, 0.29) is 5.82 Å². The molecule has 1 aromatic heterocycles. The van der Waals surface area contributed by atoms with E-state index in [1.807, 2.05) is 6.07 Å². The molecule has 0 aliphatic heterocycles. The Kier molecular flexibility index (Phi) is 3.63. The first-order valence-electron chi connectivity index (χ1n) is 7.03. The van der Waals surface area contributed by atoms with Gasteiger partial charge >= 0.3 is 0 Å². The van der Waals surface area contributed by atoms with Gasteiger partial charge in [-0.15, -0.1) is 0 Å². The second-order valence-corrected chi connectivity index (χ2v) is 5.40. The Morgan fingerprint density at radius 2 is 2.15 bits per heavy atom. The summed E-state index contributed by atoms with van der Waals surface area (Å²) < 4.78 is 14.9. The standard InChI is InChI=1S/C16H17FN2O/c17-15-7-3-4-12(8-15)9-19-10-14(11-20)16(18-19)13-5-1-2-6-13/h3-4,7-8,10-11,13H,1-2,5-6,9H2. The van der Waals surface area contributed by atoms with Gasteiger partial charge in [-0.25, -0.2) is 4.39 Å². The molecular formula is C16H17FN2O. The molecule has 1 aliphatic carbocycles. The molecule has 3 rings (SSSR count). The third-order valence-corrected chi connectivity index (χ3v) is 3.92. The second kappa shape index (κ2) is 5.57. The molecule has 0 amide bonds. The van der Waals surface area contributed by atoms with Gasteiger partial charge < -0.3 is 0 Å². The molecule has 0 unspecified atom stereocenters. The monoisotopic (exact) mass is 272 g/mol. The average molecular weight is 272 g/mol. The van der Waals surface area contributed by atoms with E-state index in [1.54, 1.807) is 16.9 Å². The van der Waals surface area contributed by atoms with Crippen molar-refractivity contribution in [2.24, 2.45) is 0 Å². The lowest BCUT2D eigenvalue weighted by molar-refractivity contribution is 0.112. The highest BCUT2D eigenvalue weighted by molar-refractivity contribution is 5.76. The minimum Gasteiger partial charge on any atom is -0.298 e. The second-order valence-electron chi connectivity index (χ2n) is 5.40. The molecule has 0 atom stereocenters. The van der Waals surface area contributed by atoms with Crippen molar-refractivity contribution >= 4 is 6.29 Å². The predicted molar refractivity (Wildman–Crippen MR) is 74.3 cm³/mol. The van der Waals surface area contributed by atoms with Crippen LogP contribution in [-0.2, 0) is 6.54 Å². The van der Waals surface area contributed by atoms with Crippen molar-refractivity contribution in [1.29, 1.82) is 0 Å². The van der Waals surface area contributed by atoms with Crippen molar-refractivity contribution in [1.82, 2.24) is 9.78 Å². The molecule has 0 radical (unpaired) electrons. The van der Waals surface area contributed by atoms with Gasteiger partial charge in [-0.2, -0.15) is 5.10 Å². The van der Waals surface area contributed by atoms with E-state index in [1.165, 1.54) is 25.0 Å². The Hall–Kier alpha value is -1.97. The smallest absolute Gasteiger partial charge is 0.153 e. The zero-order valence-corrected chi connectivity index (χ0v) is 11.3. The van der Waals surface area contributed by atoms with Crippen LogP contribution in [0.4, 0.5) is 4.39 Å². The first-order valence-corrected chi connectivity index (χ1v) is 7.03. The van der Waals surface area contributed by atoms with Gasteiger partial charge in [0.1, 0.15) is 5.82 Å². The molecule has 2 aromatic rings. The molecule has 0 spiro atoms. The van der Waals surface area contributed by atoms with E-state index in [4.69, 9.17) is 0 Å². The number of carbonyl (C=O) groups excluding carboxylic acids is 1. The van der Waals surface area contributed by atoms with Crippen LogP contribution in [-0.4, -0.2) is 16.1 Å². The van der Waals surface area contributed by atoms with Gasteiger partial charge in [-0.1, -0.05) is 25.0 Å². The maximum Gasteiger partial charge on any atom is 0.153 e. The molecule has 4 heteroatoms. The van der Waals surface area contributed by atoms with E-state index in [9.17, 15) is 9.18 Å². The molecule has 104 valence electrons. The summed E-state index contributed by atoms with van der Waals surface area (Å²) in [5.41, 5.74) is 2.44. The summed E-state index contributed by atoms with van der Waals surface area (Å²) in [5.74, 6) is 0.158. The molecule has 0 saturated heterocycles. The number of nitrogens with zero attached hydrogens (tertiary/aromatic N) is 2. The number of hydrogen-bond donors (Lipinski definition) is 0. The van der Waals surface area contributed by atoms with Crippen molar-refractivity contribution in [2.75, 3.05) is 0 Å². The minimum atomic E-state index is -0.249. The molecular weight excluding hydrogens is 255 g/mol. The topological polar surface area (TPSA) is 34.9 Å². The van der Waals surface area contributed by atoms with Crippen molar-refractivity contribution in [3.63, 3.8) is 0 Å². The number of hydrogen-bond acceptors (Lipinski definition) is 2. The highest BCUT2D eigenvalue weighted by atomic mass is 19.1. The molecule has 0 N–H and O–H groups in total. The van der Waals surface area contributed by atoms with Crippen LogP contribution in [0.15, 0.2) is 30.5 Å². The summed E-state index contributed by atoms with van der Waals surface area (Å²) in [5, 5.41) is 4.55. The molecule has 0 bridgehead atoms. The van der Waals surface area contributed by atoms with Crippen molar-refractivity contribution < 1.29 is 9.18 Å². The molecule has 1 saturated carbocycles. The maximum atomic E-state index is 13.2. The van der Waals surface area contributed by atoms with Crippen molar-refractivity contribution in [3.05, 3.63) is 53.1 Å². The van der Waals surface area contributed by atoms with Gasteiger partial charge in [0.2, 0.25) is 0 Å². The van der Waals surface area contributed by atoms with E-state index in [0.29, 0.717) is 18.0 Å². The van der Waals surface area contributed by atoms with Crippen molar-refractivity contribution in [3.8, 4) is 0 Å². The normalized spacial score (nSPS) is 15.7. The number of rotatable bonds is 4. The first kappa shape index (κ1) is 13.0. The number of aldehydes is 1. The Morgan fingerprint density at radius 1 is 1.35 bits per heavy atom. The van der Waals surface area contributed by atoms with Gasteiger partial charge in [-0.05, 0) is 30.5 Å². The van der Waals surface area contributed by atoms with Crippen LogP contribution >= 0.6 is 0 Å². The van der Waals surface area contributed by atoms with Crippen LogP contribution < -0.4 is 0 Å². The minimum absolute atomic E-state index is 0.249. The lowest BCUT2D eigenvalue weighted by atomic mass is 10.0. The third-order valence-electron chi connectivity index (χ3n) is 3.92. The number of halogens is 1. The largest absolute Gasteiger partial charge is 0.298 e. The summed E-state index contributed by atoms with van der Waals surface area (Å²) in [6, 6.07) is 6.47. The fourth-order valence-corrected chi connectivity index (χ4v) is 2.96. The zero-order chi connectivity index (χ0) is 13.9. The summed E-state index contributed by atoms with van der Waals surface area (Å²) in [6.45, 7) is 0.491. The summed E-state index contributed by atoms with van der Waals surface area (Å²) in [6.07, 6.45) is 7.28. The fourth-order valence-electron chi connectivity index (χ4n) is 2.96. The van der Waals surface area contributed by atoms with E-state index < -0.39 is 0 Å². The third kappa shape index (κ3) is 2.64. The van der Waals surface area contributed by atoms with Gasteiger partial charge in [0.25, 0.3) is 0 Å². The van der Waals surface area contributed by atoms with Gasteiger partial charge in [0, 0.05) is 12.1 Å². The van der Waals surface area contributed by atoms with Crippen LogP contribution in [0.1, 0.15) is 53.2 Å². The summed E-state index contributed by atoms with van der Waals surface area (Å²) in [7, 11) is 0. The Labute approximate surface area is 117 Å². The molecule has 1 aromatic carbocycles. The maximum absolute atomic E-state index is 13.2. The van der Waals surface area contributed by atoms with Crippen LogP contribution in [0.5, 0.6) is 0 Å². The quantitative estimate of drug-likeness (QED) is 0.798. The molecule has 3 nitrogen and oxygen atoms in total. The lowest BCUT2D eigenvalue weighted by Gasteiger charge is -2.06. The fraction of sp³-hybridized carbons (Fsp3) is 0.375. The Bertz CT molecular complexity index is 615. The number of benzene rings is 1. The van der Waals surface area contributed by atoms with Gasteiger partial charge in [0.05, 0.1) is 17.8 Å². The highest BCUT2D eigenvalue weighted by Gasteiger charge is 2.23. The molecule has 1 aliphatic rings. The summed E-state index contributed by atoms with van der Waals surface area (Å²) in [4.78, 5) is 11.2. The van der Waals surface area contributed by atoms with Crippen LogP contribution in [0, 0.1) is 5.82 Å².